The van der Waals surface area contributed by atoms with E-state index in [0.29, 0.717) is 11.7 Å². The Labute approximate surface area is 183 Å². The summed E-state index contributed by atoms with van der Waals surface area (Å²) in [4.78, 5) is 36.0. The molecule has 164 valence electrons. The van der Waals surface area contributed by atoms with Gasteiger partial charge in [-0.3, -0.25) is 14.5 Å². The summed E-state index contributed by atoms with van der Waals surface area (Å²) in [5.74, 6) is -0.161. The van der Waals surface area contributed by atoms with E-state index in [0.717, 1.165) is 68.8 Å². The number of nitrogens with zero attached hydrogens (tertiary/aromatic N) is 3. The van der Waals surface area contributed by atoms with Gasteiger partial charge >= 0.3 is 0 Å². The minimum absolute atomic E-state index is 0.0389. The first-order valence-corrected chi connectivity index (χ1v) is 11.2. The molecule has 1 saturated heterocycles. The second-order valence-electron chi connectivity index (χ2n) is 8.24. The summed E-state index contributed by atoms with van der Waals surface area (Å²) in [6, 6.07) is 8.32. The average Bonchev–Trinajstić information content (AvgIpc) is 2.84. The molecule has 1 unspecified atom stereocenters. The summed E-state index contributed by atoms with van der Waals surface area (Å²) >= 11 is 0. The number of aryl methyl sites for hydroxylation is 1. The van der Waals surface area contributed by atoms with Gasteiger partial charge in [-0.1, -0.05) is 19.1 Å². The fraction of sp³-hybridized carbons (Fsp3) is 0.458. The first-order valence-electron chi connectivity index (χ1n) is 11.2. The maximum atomic E-state index is 12.1. The van der Waals surface area contributed by atoms with E-state index in [1.165, 1.54) is 5.57 Å². The molecule has 1 amide bonds. The zero-order valence-electron chi connectivity index (χ0n) is 18.4. The van der Waals surface area contributed by atoms with Crippen LogP contribution >= 0.6 is 0 Å². The largest absolute Gasteiger partial charge is 0.368 e. The Balaban J connectivity index is 1.32. The van der Waals surface area contributed by atoms with Gasteiger partial charge in [-0.25, -0.2) is 4.98 Å². The molecule has 4 rings (SSSR count). The van der Waals surface area contributed by atoms with E-state index in [4.69, 9.17) is 0 Å². The third-order valence-electron chi connectivity index (χ3n) is 6.50. The lowest BCUT2D eigenvalue weighted by Crippen LogP contribution is -2.50. The molecule has 7 heteroatoms. The first kappa shape index (κ1) is 21.3. The third-order valence-corrected chi connectivity index (χ3v) is 6.50. The molecule has 0 aromatic carbocycles. The van der Waals surface area contributed by atoms with Gasteiger partial charge < -0.3 is 15.2 Å². The molecule has 31 heavy (non-hydrogen) atoms. The van der Waals surface area contributed by atoms with Crippen LogP contribution in [-0.4, -0.2) is 60.0 Å². The van der Waals surface area contributed by atoms with Crippen molar-refractivity contribution in [3.05, 3.63) is 63.8 Å². The van der Waals surface area contributed by atoms with Crippen molar-refractivity contribution in [1.82, 2.24) is 20.2 Å². The van der Waals surface area contributed by atoms with Crippen LogP contribution in [0.2, 0.25) is 0 Å². The Bertz CT molecular complexity index is 1000. The molecule has 2 N–H and O–H groups in total. The molecule has 0 saturated carbocycles. The molecule has 0 radical (unpaired) electrons. The van der Waals surface area contributed by atoms with Gasteiger partial charge in [0, 0.05) is 50.5 Å². The molecular weight excluding hydrogens is 390 g/mol. The molecule has 3 heterocycles. The van der Waals surface area contributed by atoms with E-state index in [-0.39, 0.29) is 11.5 Å². The van der Waals surface area contributed by atoms with Crippen LogP contribution in [0.15, 0.2) is 41.3 Å². The van der Waals surface area contributed by atoms with Gasteiger partial charge in [-0.15, -0.1) is 0 Å². The summed E-state index contributed by atoms with van der Waals surface area (Å²) in [5.41, 5.74) is 4.62. The minimum Gasteiger partial charge on any atom is -0.368 e. The maximum absolute atomic E-state index is 12.1. The van der Waals surface area contributed by atoms with E-state index in [9.17, 15) is 9.59 Å². The van der Waals surface area contributed by atoms with Crippen LogP contribution in [0.3, 0.4) is 0 Å². The Morgan fingerprint density at radius 1 is 1.19 bits per heavy atom. The van der Waals surface area contributed by atoms with Crippen LogP contribution in [0.4, 0.5) is 5.69 Å². The Kier molecular flexibility index (Phi) is 6.51. The number of allylic oxidation sites excluding steroid dienone is 1. The lowest BCUT2D eigenvalue weighted by atomic mass is 9.91. The average molecular weight is 422 g/mol. The summed E-state index contributed by atoms with van der Waals surface area (Å²) < 4.78 is 0. The van der Waals surface area contributed by atoms with Crippen molar-refractivity contribution >= 4 is 17.2 Å². The van der Waals surface area contributed by atoms with Crippen molar-refractivity contribution in [1.29, 1.82) is 0 Å². The Morgan fingerprint density at radius 3 is 2.58 bits per heavy atom. The van der Waals surface area contributed by atoms with Crippen molar-refractivity contribution < 1.29 is 4.79 Å². The molecule has 7 nitrogen and oxygen atoms in total. The molecule has 2 aromatic rings. The van der Waals surface area contributed by atoms with E-state index in [1.807, 2.05) is 19.1 Å². The topological polar surface area (TPSA) is 81.3 Å². The highest BCUT2D eigenvalue weighted by Gasteiger charge is 2.26. The number of H-pyrrole nitrogens is 1. The van der Waals surface area contributed by atoms with Gasteiger partial charge in [0.05, 0.1) is 11.9 Å². The molecule has 1 fully saturated rings. The van der Waals surface area contributed by atoms with Crippen LogP contribution in [0.1, 0.15) is 47.9 Å². The molecule has 1 atom stereocenters. The fourth-order valence-corrected chi connectivity index (χ4v) is 4.55. The van der Waals surface area contributed by atoms with Crippen LogP contribution in [0.5, 0.6) is 0 Å². The number of carbonyl (C=O) groups excluding carboxylic acids is 1. The monoisotopic (exact) mass is 421 g/mol. The van der Waals surface area contributed by atoms with E-state index >= 15 is 0 Å². The molecule has 0 bridgehead atoms. The van der Waals surface area contributed by atoms with Crippen molar-refractivity contribution in [3.8, 4) is 0 Å². The van der Waals surface area contributed by atoms with Crippen LogP contribution in [0, 0.1) is 0 Å². The Hall–Kier alpha value is -2.93. The minimum atomic E-state index is -0.161. The molecule has 0 spiro atoms. The predicted octanol–water partition coefficient (Wildman–Crippen LogP) is 2.45. The summed E-state index contributed by atoms with van der Waals surface area (Å²) in [5, 5.41) is 2.60. The Morgan fingerprint density at radius 2 is 2.00 bits per heavy atom. The zero-order chi connectivity index (χ0) is 21.8. The van der Waals surface area contributed by atoms with E-state index < -0.39 is 0 Å². The highest BCUT2D eigenvalue weighted by atomic mass is 16.1. The van der Waals surface area contributed by atoms with E-state index in [2.05, 4.69) is 37.2 Å². The van der Waals surface area contributed by atoms with Gasteiger partial charge in [0.1, 0.15) is 5.69 Å². The number of piperazine rings is 1. The number of aromatic amines is 1. The number of amides is 1. The van der Waals surface area contributed by atoms with Gasteiger partial charge in [0.15, 0.2) is 0 Å². The predicted molar refractivity (Wildman–Crippen MR) is 123 cm³/mol. The molecule has 1 aliphatic carbocycles. The number of hydrogen-bond donors (Lipinski definition) is 2. The van der Waals surface area contributed by atoms with Crippen LogP contribution in [0.25, 0.3) is 5.57 Å². The number of nitrogens with one attached hydrogen (secondary N) is 2. The van der Waals surface area contributed by atoms with Gasteiger partial charge in [-0.2, -0.15) is 0 Å². The maximum Gasteiger partial charge on any atom is 0.269 e. The standard InChI is InChI=1S/C24H31N5O2/c1-3-17-6-10-21(27-23(17)30)18-4-7-19(8-5-18)28-12-14-29(15-13-28)20-9-11-22(26-16-20)24(31)25-2/h4,6,9-11,16,19H,3,5,7-8,12-15H2,1-2H3,(H,25,31)(H,27,30). The SMILES string of the molecule is CCc1ccc(C2=CCC(N3CCN(c4ccc(C(=O)NC)nc4)CC3)CC2)[nH]c1=O. The number of rotatable bonds is 5. The van der Waals surface area contributed by atoms with Crippen LogP contribution < -0.4 is 15.8 Å². The highest BCUT2D eigenvalue weighted by Crippen LogP contribution is 2.29. The van der Waals surface area contributed by atoms with Crippen molar-refractivity contribution in [2.45, 2.75) is 38.6 Å². The first-order chi connectivity index (χ1) is 15.1. The summed E-state index contributed by atoms with van der Waals surface area (Å²) in [6.45, 7) is 5.96. The number of pyridine rings is 2. The van der Waals surface area contributed by atoms with Gasteiger partial charge in [-0.05, 0) is 49.5 Å². The van der Waals surface area contributed by atoms with Gasteiger partial charge in [0.2, 0.25) is 0 Å². The number of anilines is 1. The smallest absolute Gasteiger partial charge is 0.269 e. The van der Waals surface area contributed by atoms with Crippen molar-refractivity contribution in [2.75, 3.05) is 38.1 Å². The zero-order valence-corrected chi connectivity index (χ0v) is 18.4. The molecule has 2 aliphatic rings. The molecule has 2 aromatic heterocycles. The number of aromatic nitrogens is 2. The van der Waals surface area contributed by atoms with Crippen molar-refractivity contribution in [3.63, 3.8) is 0 Å². The second-order valence-corrected chi connectivity index (χ2v) is 8.24. The van der Waals surface area contributed by atoms with Crippen LogP contribution in [-0.2, 0) is 6.42 Å². The van der Waals surface area contributed by atoms with Crippen molar-refractivity contribution in [2.24, 2.45) is 0 Å². The highest BCUT2D eigenvalue weighted by molar-refractivity contribution is 5.92. The fourth-order valence-electron chi connectivity index (χ4n) is 4.55. The lowest BCUT2D eigenvalue weighted by Gasteiger charge is -2.41. The molecular formula is C24H31N5O2. The van der Waals surface area contributed by atoms with Gasteiger partial charge in [0.25, 0.3) is 11.5 Å². The normalized spacial score (nSPS) is 19.7. The lowest BCUT2D eigenvalue weighted by molar-refractivity contribution is 0.0958. The summed E-state index contributed by atoms with van der Waals surface area (Å²) in [7, 11) is 1.61. The number of hydrogen-bond acceptors (Lipinski definition) is 5. The second kappa shape index (κ2) is 9.47. The number of carbonyl (C=O) groups is 1. The quantitative estimate of drug-likeness (QED) is 0.775. The summed E-state index contributed by atoms with van der Waals surface area (Å²) in [6.07, 6.45) is 7.99. The molecule has 1 aliphatic heterocycles. The third kappa shape index (κ3) is 4.71. The van der Waals surface area contributed by atoms with E-state index in [1.54, 1.807) is 19.3 Å².